The quantitative estimate of drug-likeness (QED) is 0.170. The molecule has 0 fully saturated rings. The van der Waals surface area contributed by atoms with Crippen molar-refractivity contribution < 1.29 is 0 Å². The molecule has 7 aromatic carbocycles. The van der Waals surface area contributed by atoms with E-state index in [0.717, 1.165) is 22.7 Å². The summed E-state index contributed by atoms with van der Waals surface area (Å²) in [5, 5.41) is 0. The standard InChI is InChI=1S/C52H48N2/c1-50(2,3)45-33-40(54(37-24-16-10-17-25-37)38-26-18-11-19-27-38)34-46-47(45)43-31-30-42-41-29-28-39(32-44(41)51(4,5)48(42)49(43)52(46,6)7)53(35-20-12-8-13-21-35)36-22-14-9-15-23-36/h8-34H,1-7H3. The summed E-state index contributed by atoms with van der Waals surface area (Å²) in [7, 11) is 0. The SMILES string of the molecule is CC(C)(C)c1cc(N(c2ccccc2)c2ccccc2)cc2c1-c1ccc3c(c1C2(C)C)C(C)(C)c1cc(N(c2ccccc2)c2ccccc2)ccc1-3. The minimum absolute atomic E-state index is 0.0818. The average molecular weight is 701 g/mol. The smallest absolute Gasteiger partial charge is 0.0468 e. The van der Waals surface area contributed by atoms with Crippen LogP contribution < -0.4 is 9.80 Å². The molecule has 0 radical (unpaired) electrons. The second kappa shape index (κ2) is 12.4. The highest BCUT2D eigenvalue weighted by molar-refractivity contribution is 5.95. The molecule has 0 spiro atoms. The molecule has 0 N–H and O–H groups in total. The van der Waals surface area contributed by atoms with Gasteiger partial charge in [0, 0.05) is 45.0 Å². The molecule has 0 heterocycles. The van der Waals surface area contributed by atoms with E-state index in [1.54, 1.807) is 0 Å². The van der Waals surface area contributed by atoms with Crippen molar-refractivity contribution >= 4 is 34.1 Å². The zero-order valence-electron chi connectivity index (χ0n) is 32.5. The van der Waals surface area contributed by atoms with Crippen LogP contribution in [0.5, 0.6) is 0 Å². The molecular weight excluding hydrogens is 653 g/mol. The molecule has 0 saturated carbocycles. The minimum Gasteiger partial charge on any atom is -0.310 e. The molecule has 0 aliphatic heterocycles. The second-order valence-corrected chi connectivity index (χ2v) is 17.1. The van der Waals surface area contributed by atoms with Crippen molar-refractivity contribution in [3.8, 4) is 22.3 Å². The highest BCUT2D eigenvalue weighted by Gasteiger charge is 2.47. The van der Waals surface area contributed by atoms with Crippen LogP contribution in [0, 0.1) is 0 Å². The van der Waals surface area contributed by atoms with E-state index in [9.17, 15) is 0 Å². The van der Waals surface area contributed by atoms with Gasteiger partial charge in [-0.3, -0.25) is 0 Å². The Morgan fingerprint density at radius 1 is 0.370 bits per heavy atom. The predicted molar refractivity (Wildman–Crippen MR) is 230 cm³/mol. The maximum Gasteiger partial charge on any atom is 0.0468 e. The number of nitrogens with zero attached hydrogens (tertiary/aromatic N) is 2. The van der Waals surface area contributed by atoms with Crippen LogP contribution in [0.4, 0.5) is 34.1 Å². The van der Waals surface area contributed by atoms with Gasteiger partial charge in [-0.1, -0.05) is 139 Å². The fourth-order valence-corrected chi connectivity index (χ4v) is 9.36. The van der Waals surface area contributed by atoms with E-state index in [0.29, 0.717) is 0 Å². The lowest BCUT2D eigenvalue weighted by Crippen LogP contribution is -2.24. The highest BCUT2D eigenvalue weighted by Crippen LogP contribution is 2.61. The summed E-state index contributed by atoms with van der Waals surface area (Å²) < 4.78 is 0. The van der Waals surface area contributed by atoms with E-state index >= 15 is 0 Å². The number of rotatable bonds is 6. The predicted octanol–water partition coefficient (Wildman–Crippen LogP) is 14.5. The molecular formula is C52H48N2. The van der Waals surface area contributed by atoms with Gasteiger partial charge in [-0.05, 0) is 128 Å². The zero-order valence-corrected chi connectivity index (χ0v) is 32.5. The van der Waals surface area contributed by atoms with Crippen LogP contribution in [-0.2, 0) is 16.2 Å². The largest absolute Gasteiger partial charge is 0.310 e. The minimum atomic E-state index is -0.229. The Morgan fingerprint density at radius 3 is 1.24 bits per heavy atom. The molecule has 2 heteroatoms. The van der Waals surface area contributed by atoms with Crippen LogP contribution in [0.25, 0.3) is 22.3 Å². The van der Waals surface area contributed by atoms with Crippen LogP contribution in [-0.4, -0.2) is 0 Å². The molecule has 0 aromatic heterocycles. The molecule has 2 aliphatic carbocycles. The third-order valence-electron chi connectivity index (χ3n) is 11.9. The molecule has 2 nitrogen and oxygen atoms in total. The van der Waals surface area contributed by atoms with Gasteiger partial charge in [0.15, 0.2) is 0 Å². The van der Waals surface area contributed by atoms with Crippen molar-refractivity contribution in [2.24, 2.45) is 0 Å². The molecule has 2 aliphatic rings. The third-order valence-corrected chi connectivity index (χ3v) is 11.9. The number of anilines is 6. The first-order chi connectivity index (χ1) is 26.0. The van der Waals surface area contributed by atoms with E-state index in [2.05, 4.69) is 222 Å². The molecule has 0 saturated heterocycles. The Hall–Kier alpha value is -5.86. The number of benzene rings is 7. The third kappa shape index (κ3) is 5.22. The number of para-hydroxylation sites is 4. The zero-order chi connectivity index (χ0) is 37.4. The number of fused-ring (bicyclic) bond motifs is 7. The first-order valence-electron chi connectivity index (χ1n) is 19.3. The Balaban J connectivity index is 1.23. The van der Waals surface area contributed by atoms with Crippen LogP contribution in [0.3, 0.4) is 0 Å². The Kier molecular flexibility index (Phi) is 7.76. The van der Waals surface area contributed by atoms with Gasteiger partial charge in [-0.25, -0.2) is 0 Å². The number of hydrogen-bond donors (Lipinski definition) is 0. The maximum absolute atomic E-state index is 2.49. The monoisotopic (exact) mass is 700 g/mol. The lowest BCUT2D eigenvalue weighted by Gasteiger charge is -2.33. The maximum atomic E-state index is 2.49. The van der Waals surface area contributed by atoms with Crippen LogP contribution >= 0.6 is 0 Å². The van der Waals surface area contributed by atoms with Crippen LogP contribution in [0.2, 0.25) is 0 Å². The van der Waals surface area contributed by atoms with E-state index < -0.39 is 0 Å². The molecule has 0 bridgehead atoms. The van der Waals surface area contributed by atoms with E-state index in [-0.39, 0.29) is 16.2 Å². The number of hydrogen-bond acceptors (Lipinski definition) is 2. The van der Waals surface area contributed by atoms with Crippen molar-refractivity contribution in [2.45, 2.75) is 64.7 Å². The molecule has 266 valence electrons. The summed E-state index contributed by atoms with van der Waals surface area (Å²) in [5.74, 6) is 0. The van der Waals surface area contributed by atoms with E-state index in [4.69, 9.17) is 0 Å². The van der Waals surface area contributed by atoms with Gasteiger partial charge in [-0.2, -0.15) is 0 Å². The summed E-state index contributed by atoms with van der Waals surface area (Å²) in [4.78, 5) is 4.80. The van der Waals surface area contributed by atoms with Crippen molar-refractivity contribution in [2.75, 3.05) is 9.80 Å². The lowest BCUT2D eigenvalue weighted by atomic mass is 9.72. The van der Waals surface area contributed by atoms with Gasteiger partial charge < -0.3 is 9.80 Å². The Bertz CT molecular complexity index is 2430. The molecule has 9 rings (SSSR count). The molecule has 54 heavy (non-hydrogen) atoms. The van der Waals surface area contributed by atoms with Gasteiger partial charge in [-0.15, -0.1) is 0 Å². The highest BCUT2D eigenvalue weighted by atomic mass is 15.1. The fraction of sp³-hybridized carbons (Fsp3) is 0.192. The van der Waals surface area contributed by atoms with E-state index in [1.165, 1.54) is 61.4 Å². The van der Waals surface area contributed by atoms with Crippen molar-refractivity contribution in [1.82, 2.24) is 0 Å². The summed E-state index contributed by atoms with van der Waals surface area (Å²) in [6, 6.07) is 60.0. The molecule has 0 unspecified atom stereocenters. The summed E-state index contributed by atoms with van der Waals surface area (Å²) >= 11 is 0. The lowest BCUT2D eigenvalue weighted by molar-refractivity contribution is 0.586. The van der Waals surface area contributed by atoms with Crippen molar-refractivity contribution in [3.05, 3.63) is 192 Å². The first kappa shape index (κ1) is 33.9. The van der Waals surface area contributed by atoms with Gasteiger partial charge in [0.05, 0.1) is 0 Å². The molecule has 0 amide bonds. The Labute approximate surface area is 321 Å². The average Bonchev–Trinajstić information content (AvgIpc) is 3.55. The van der Waals surface area contributed by atoms with Crippen molar-refractivity contribution in [1.29, 1.82) is 0 Å². The second-order valence-electron chi connectivity index (χ2n) is 17.1. The fourth-order valence-electron chi connectivity index (χ4n) is 9.36. The first-order valence-corrected chi connectivity index (χ1v) is 19.3. The topological polar surface area (TPSA) is 6.48 Å². The summed E-state index contributed by atoms with van der Waals surface area (Å²) in [5.41, 5.74) is 19.0. The summed E-state index contributed by atoms with van der Waals surface area (Å²) in [6.07, 6.45) is 0. The van der Waals surface area contributed by atoms with Gasteiger partial charge in [0.25, 0.3) is 0 Å². The molecule has 0 atom stereocenters. The van der Waals surface area contributed by atoms with Crippen molar-refractivity contribution in [3.63, 3.8) is 0 Å². The van der Waals surface area contributed by atoms with Crippen LogP contribution in [0.1, 0.15) is 76.3 Å². The van der Waals surface area contributed by atoms with E-state index in [1.807, 2.05) is 0 Å². The van der Waals surface area contributed by atoms with Gasteiger partial charge in [0.2, 0.25) is 0 Å². The Morgan fingerprint density at radius 2 is 0.759 bits per heavy atom. The van der Waals surface area contributed by atoms with Crippen LogP contribution in [0.15, 0.2) is 164 Å². The summed E-state index contributed by atoms with van der Waals surface area (Å²) in [6.45, 7) is 16.9. The van der Waals surface area contributed by atoms with Gasteiger partial charge >= 0.3 is 0 Å². The normalized spacial score (nSPS) is 14.5. The molecule has 7 aromatic rings. The van der Waals surface area contributed by atoms with Gasteiger partial charge in [0.1, 0.15) is 0 Å².